The molecule has 2 fully saturated rings. The number of halogens is 1. The van der Waals surface area contributed by atoms with Gasteiger partial charge in [-0.1, -0.05) is 48.0 Å². The predicted molar refractivity (Wildman–Crippen MR) is 117 cm³/mol. The summed E-state index contributed by atoms with van der Waals surface area (Å²) in [5.41, 5.74) is 2.36. The van der Waals surface area contributed by atoms with Gasteiger partial charge < -0.3 is 9.80 Å². The van der Waals surface area contributed by atoms with Crippen molar-refractivity contribution in [2.45, 2.75) is 24.2 Å². The molecule has 1 aliphatic heterocycles. The van der Waals surface area contributed by atoms with E-state index >= 15 is 0 Å². The molecule has 0 aromatic heterocycles. The van der Waals surface area contributed by atoms with Gasteiger partial charge in [0.1, 0.15) is 0 Å². The van der Waals surface area contributed by atoms with Gasteiger partial charge in [-0.3, -0.25) is 9.59 Å². The fourth-order valence-electron chi connectivity index (χ4n) is 3.90. The fourth-order valence-corrected chi connectivity index (χ4v) is 5.12. The van der Waals surface area contributed by atoms with Gasteiger partial charge in [-0.25, -0.2) is 0 Å². The van der Waals surface area contributed by atoms with E-state index in [1.165, 1.54) is 17.3 Å². The average molecular weight is 429 g/mol. The monoisotopic (exact) mass is 428 g/mol. The minimum Gasteiger partial charge on any atom is -0.339 e. The molecule has 4 rings (SSSR count). The Morgan fingerprint density at radius 2 is 1.72 bits per heavy atom. The van der Waals surface area contributed by atoms with Crippen LogP contribution in [-0.4, -0.2) is 53.5 Å². The van der Waals surface area contributed by atoms with Crippen LogP contribution in [0.2, 0.25) is 5.02 Å². The van der Waals surface area contributed by atoms with Gasteiger partial charge in [-0.15, -0.1) is 11.8 Å². The van der Waals surface area contributed by atoms with Crippen LogP contribution in [0.1, 0.15) is 23.5 Å². The first-order valence-electron chi connectivity index (χ1n) is 10.0. The van der Waals surface area contributed by atoms with Crippen LogP contribution in [0.25, 0.3) is 0 Å². The van der Waals surface area contributed by atoms with Crippen LogP contribution >= 0.6 is 23.4 Å². The molecule has 1 heterocycles. The molecule has 1 saturated carbocycles. The standard InChI is InChI=1S/C23H25ClN2O2S/c1-16-7-8-21(20(24)13-16)29-15-22(27)25-9-11-26(12-10-25)23(28)19-14-18(19)17-5-3-2-4-6-17/h2-8,13,18-19H,9-12,14-15H2,1H3/t18-,19+/m0/s1. The second kappa shape index (κ2) is 8.80. The first-order valence-corrected chi connectivity index (χ1v) is 11.4. The van der Waals surface area contributed by atoms with Crippen LogP contribution in [0, 0.1) is 12.8 Å². The summed E-state index contributed by atoms with van der Waals surface area (Å²) in [7, 11) is 0. The molecule has 0 bridgehead atoms. The van der Waals surface area contributed by atoms with Gasteiger partial charge in [0.15, 0.2) is 0 Å². The largest absolute Gasteiger partial charge is 0.339 e. The molecule has 6 heteroatoms. The van der Waals surface area contributed by atoms with Crippen molar-refractivity contribution >= 4 is 35.2 Å². The third-order valence-corrected chi connectivity index (χ3v) is 7.20. The van der Waals surface area contributed by atoms with Gasteiger partial charge in [0, 0.05) is 37.0 Å². The van der Waals surface area contributed by atoms with Crippen molar-refractivity contribution in [2.24, 2.45) is 5.92 Å². The molecule has 2 aliphatic rings. The highest BCUT2D eigenvalue weighted by Gasteiger charge is 2.46. The van der Waals surface area contributed by atoms with Crippen molar-refractivity contribution in [3.05, 3.63) is 64.7 Å². The average Bonchev–Trinajstić information content (AvgIpc) is 3.54. The summed E-state index contributed by atoms with van der Waals surface area (Å²) in [5, 5.41) is 0.690. The summed E-state index contributed by atoms with van der Waals surface area (Å²) < 4.78 is 0. The quantitative estimate of drug-likeness (QED) is 0.669. The maximum Gasteiger partial charge on any atom is 0.233 e. The van der Waals surface area contributed by atoms with E-state index in [4.69, 9.17) is 11.6 Å². The van der Waals surface area contributed by atoms with Crippen LogP contribution in [0.15, 0.2) is 53.4 Å². The number of piperazine rings is 1. The minimum atomic E-state index is 0.104. The molecular formula is C23H25ClN2O2S. The molecule has 2 aromatic carbocycles. The van der Waals surface area contributed by atoms with Crippen molar-refractivity contribution in [3.8, 4) is 0 Å². The van der Waals surface area contributed by atoms with Crippen LogP contribution in [-0.2, 0) is 9.59 Å². The van der Waals surface area contributed by atoms with E-state index in [2.05, 4.69) is 12.1 Å². The Hall–Kier alpha value is -1.98. The topological polar surface area (TPSA) is 40.6 Å². The Kier molecular flexibility index (Phi) is 6.16. The van der Waals surface area contributed by atoms with Gasteiger partial charge in [0.25, 0.3) is 0 Å². The van der Waals surface area contributed by atoms with Crippen LogP contribution in [0.5, 0.6) is 0 Å². The predicted octanol–water partition coefficient (Wildman–Crippen LogP) is 4.22. The lowest BCUT2D eigenvalue weighted by Gasteiger charge is -2.35. The summed E-state index contributed by atoms with van der Waals surface area (Å²) >= 11 is 7.73. The van der Waals surface area contributed by atoms with E-state index < -0.39 is 0 Å². The Bertz CT molecular complexity index is 897. The normalized spacial score (nSPS) is 21.2. The molecule has 0 unspecified atom stereocenters. The van der Waals surface area contributed by atoms with E-state index in [9.17, 15) is 9.59 Å². The maximum absolute atomic E-state index is 12.8. The number of carbonyl (C=O) groups excluding carboxylic acids is 2. The fraction of sp³-hybridized carbons (Fsp3) is 0.391. The highest BCUT2D eigenvalue weighted by molar-refractivity contribution is 8.00. The van der Waals surface area contributed by atoms with Gasteiger partial charge in [-0.05, 0) is 42.5 Å². The molecule has 152 valence electrons. The molecule has 0 spiro atoms. The maximum atomic E-state index is 12.8. The minimum absolute atomic E-state index is 0.104. The molecule has 2 aromatic rings. The summed E-state index contributed by atoms with van der Waals surface area (Å²) in [4.78, 5) is 30.1. The van der Waals surface area contributed by atoms with Gasteiger partial charge >= 0.3 is 0 Å². The lowest BCUT2D eigenvalue weighted by molar-refractivity contribution is -0.139. The first-order chi connectivity index (χ1) is 14.0. The number of hydrogen-bond donors (Lipinski definition) is 0. The zero-order valence-electron chi connectivity index (χ0n) is 16.5. The molecule has 29 heavy (non-hydrogen) atoms. The highest BCUT2D eigenvalue weighted by atomic mass is 35.5. The van der Waals surface area contributed by atoms with Crippen molar-refractivity contribution < 1.29 is 9.59 Å². The smallest absolute Gasteiger partial charge is 0.233 e. The molecule has 1 aliphatic carbocycles. The van der Waals surface area contributed by atoms with E-state index in [0.717, 1.165) is 16.9 Å². The van der Waals surface area contributed by atoms with E-state index in [-0.39, 0.29) is 17.7 Å². The van der Waals surface area contributed by atoms with Crippen molar-refractivity contribution in [1.29, 1.82) is 0 Å². The van der Waals surface area contributed by atoms with E-state index in [0.29, 0.717) is 42.9 Å². The summed E-state index contributed by atoms with van der Waals surface area (Å²) in [6.07, 6.45) is 0.940. The second-order valence-electron chi connectivity index (χ2n) is 7.79. The Labute approximate surface area is 181 Å². The number of rotatable bonds is 5. The van der Waals surface area contributed by atoms with Gasteiger partial charge in [-0.2, -0.15) is 0 Å². The number of amides is 2. The second-order valence-corrected chi connectivity index (χ2v) is 9.21. The molecule has 0 N–H and O–H groups in total. The zero-order valence-corrected chi connectivity index (χ0v) is 18.1. The molecule has 2 amide bonds. The lowest BCUT2D eigenvalue weighted by atomic mass is 10.1. The van der Waals surface area contributed by atoms with Crippen LogP contribution in [0.4, 0.5) is 0 Å². The third kappa shape index (κ3) is 4.78. The van der Waals surface area contributed by atoms with Gasteiger partial charge in [0.2, 0.25) is 11.8 Å². The zero-order chi connectivity index (χ0) is 20.4. The summed E-state index contributed by atoms with van der Waals surface area (Å²) in [6.45, 7) is 4.46. The Morgan fingerprint density at radius 1 is 1.03 bits per heavy atom. The third-order valence-electron chi connectivity index (χ3n) is 5.72. The van der Waals surface area contributed by atoms with Crippen LogP contribution in [0.3, 0.4) is 0 Å². The summed E-state index contributed by atoms with van der Waals surface area (Å²) in [6, 6.07) is 16.2. The van der Waals surface area contributed by atoms with E-state index in [1.807, 2.05) is 53.1 Å². The SMILES string of the molecule is Cc1ccc(SCC(=O)N2CCN(C(=O)[C@@H]3C[C@H]3c3ccccc3)CC2)c(Cl)c1. The van der Waals surface area contributed by atoms with E-state index in [1.54, 1.807) is 0 Å². The molecule has 2 atom stereocenters. The highest BCUT2D eigenvalue weighted by Crippen LogP contribution is 2.48. The van der Waals surface area contributed by atoms with Crippen molar-refractivity contribution in [2.75, 3.05) is 31.9 Å². The number of thioether (sulfide) groups is 1. The van der Waals surface area contributed by atoms with Crippen molar-refractivity contribution in [1.82, 2.24) is 9.80 Å². The number of nitrogens with zero attached hydrogens (tertiary/aromatic N) is 2. The number of aryl methyl sites for hydroxylation is 1. The number of benzene rings is 2. The van der Waals surface area contributed by atoms with Crippen LogP contribution < -0.4 is 0 Å². The molecule has 1 saturated heterocycles. The molecule has 4 nitrogen and oxygen atoms in total. The lowest BCUT2D eigenvalue weighted by Crippen LogP contribution is -2.51. The number of hydrogen-bond acceptors (Lipinski definition) is 3. The van der Waals surface area contributed by atoms with Crippen molar-refractivity contribution in [3.63, 3.8) is 0 Å². The first kappa shape index (κ1) is 20.3. The number of carbonyl (C=O) groups is 2. The Morgan fingerprint density at radius 3 is 2.41 bits per heavy atom. The van der Waals surface area contributed by atoms with Gasteiger partial charge in [0.05, 0.1) is 10.8 Å². The molecule has 0 radical (unpaired) electrons. The Balaban J connectivity index is 1.24. The molecular weight excluding hydrogens is 404 g/mol. The summed E-state index contributed by atoms with van der Waals surface area (Å²) in [5.74, 6) is 1.19.